The predicted molar refractivity (Wildman–Crippen MR) is 69.2 cm³/mol. The Balaban J connectivity index is 2.72. The van der Waals surface area contributed by atoms with E-state index in [1.165, 1.54) is 7.05 Å². The van der Waals surface area contributed by atoms with Gasteiger partial charge in [-0.2, -0.15) is 0 Å². The van der Waals surface area contributed by atoms with Crippen molar-refractivity contribution in [2.24, 2.45) is 5.92 Å². The van der Waals surface area contributed by atoms with Gasteiger partial charge in [-0.15, -0.1) is 0 Å². The normalized spacial score (nSPS) is 31.8. The lowest BCUT2D eigenvalue weighted by atomic mass is 9.73. The average Bonchev–Trinajstić information content (AvgIpc) is 2.33. The fourth-order valence-corrected chi connectivity index (χ4v) is 3.11. The fourth-order valence-electron chi connectivity index (χ4n) is 3.11. The number of Topliss-reactive ketones (excluding diaryl/α,β-unsaturated/α-hetero) is 2. The van der Waals surface area contributed by atoms with Gasteiger partial charge >= 0.3 is 6.03 Å². The number of urea groups is 1. The molecule has 1 saturated heterocycles. The summed E-state index contributed by atoms with van der Waals surface area (Å²) in [6.07, 6.45) is 0. The third-order valence-corrected chi connectivity index (χ3v) is 4.02. The molecule has 4 unspecified atom stereocenters. The van der Waals surface area contributed by atoms with Crippen LogP contribution < -0.4 is 5.32 Å². The van der Waals surface area contributed by atoms with Crippen LogP contribution >= 0.6 is 0 Å². The summed E-state index contributed by atoms with van der Waals surface area (Å²) in [4.78, 5) is 47.2. The third kappa shape index (κ3) is 2.05. The van der Waals surface area contributed by atoms with Crippen LogP contribution in [0.25, 0.3) is 0 Å². The largest absolute Gasteiger partial charge is 0.511 e. The van der Waals surface area contributed by atoms with Gasteiger partial charge in [-0.25, -0.2) is 4.79 Å². The van der Waals surface area contributed by atoms with Crippen LogP contribution in [0.2, 0.25) is 0 Å². The highest BCUT2D eigenvalue weighted by Gasteiger charge is 2.59. The first-order valence-electron chi connectivity index (χ1n) is 6.29. The Morgan fingerprint density at radius 1 is 1.38 bits per heavy atom. The molecule has 4 atom stereocenters. The molecule has 1 heterocycles. The van der Waals surface area contributed by atoms with Crippen LogP contribution in [0, 0.1) is 16.0 Å². The van der Waals surface area contributed by atoms with Crippen molar-refractivity contribution in [3.05, 3.63) is 21.4 Å². The van der Waals surface area contributed by atoms with E-state index in [1.54, 1.807) is 0 Å². The minimum atomic E-state index is -1.38. The van der Waals surface area contributed by atoms with Gasteiger partial charge in [0.25, 0.3) is 6.04 Å². The highest BCUT2D eigenvalue weighted by Crippen LogP contribution is 2.37. The Kier molecular flexibility index (Phi) is 3.44. The van der Waals surface area contributed by atoms with Crippen molar-refractivity contribution >= 4 is 17.6 Å². The maximum Gasteiger partial charge on any atom is 0.318 e. The molecule has 2 N–H and O–H groups in total. The predicted octanol–water partition coefficient (Wildman–Crippen LogP) is -0.356. The second-order valence-electron chi connectivity index (χ2n) is 5.25. The molecule has 1 aliphatic heterocycles. The van der Waals surface area contributed by atoms with Crippen molar-refractivity contribution in [3.8, 4) is 0 Å². The lowest BCUT2D eigenvalue weighted by Gasteiger charge is -2.46. The lowest BCUT2D eigenvalue weighted by molar-refractivity contribution is -0.535. The van der Waals surface area contributed by atoms with Crippen molar-refractivity contribution in [2.75, 3.05) is 7.05 Å². The SMILES string of the molecule is CC(=O)C1=C(O)C(C(C)=O)C2C([N+](=O)[O-])C1NC(=O)N2C. The number of likely N-dealkylation sites (N-methyl/N-ethyl adjacent to an activating group) is 1. The van der Waals surface area contributed by atoms with Crippen LogP contribution in [0.15, 0.2) is 11.3 Å². The van der Waals surface area contributed by atoms with Crippen molar-refractivity contribution < 1.29 is 24.4 Å². The number of amides is 2. The van der Waals surface area contributed by atoms with E-state index < -0.39 is 52.3 Å². The Morgan fingerprint density at radius 3 is 2.38 bits per heavy atom. The number of carbonyl (C=O) groups is 3. The first-order chi connectivity index (χ1) is 9.68. The van der Waals surface area contributed by atoms with Gasteiger partial charge in [0.1, 0.15) is 29.5 Å². The molecule has 0 aromatic rings. The van der Waals surface area contributed by atoms with E-state index in [-0.39, 0.29) is 5.57 Å². The van der Waals surface area contributed by atoms with E-state index in [0.717, 1.165) is 18.7 Å². The topological polar surface area (TPSA) is 130 Å². The second-order valence-corrected chi connectivity index (χ2v) is 5.25. The molecule has 9 heteroatoms. The minimum Gasteiger partial charge on any atom is -0.511 e. The summed E-state index contributed by atoms with van der Waals surface area (Å²) in [5.74, 6) is -2.91. The Labute approximate surface area is 119 Å². The van der Waals surface area contributed by atoms with E-state index in [2.05, 4.69) is 5.32 Å². The highest BCUT2D eigenvalue weighted by molar-refractivity contribution is 5.99. The highest BCUT2D eigenvalue weighted by atomic mass is 16.6. The molecule has 2 amide bonds. The van der Waals surface area contributed by atoms with Gasteiger partial charge in [0.05, 0.1) is 5.57 Å². The van der Waals surface area contributed by atoms with Crippen LogP contribution in [-0.2, 0) is 9.59 Å². The number of aliphatic hydroxyl groups excluding tert-OH is 1. The van der Waals surface area contributed by atoms with E-state index in [9.17, 15) is 29.6 Å². The number of hydrogen-bond donors (Lipinski definition) is 2. The molecular formula is C12H15N3O6. The molecule has 2 aliphatic rings. The minimum absolute atomic E-state index is 0.269. The lowest BCUT2D eigenvalue weighted by Crippen LogP contribution is -2.71. The van der Waals surface area contributed by atoms with Crippen LogP contribution in [0.1, 0.15) is 13.8 Å². The summed E-state index contributed by atoms with van der Waals surface area (Å²) in [6, 6.07) is -4.36. The van der Waals surface area contributed by atoms with Crippen LogP contribution in [0.4, 0.5) is 4.79 Å². The standard InChI is InChI=1S/C12H15N3O6/c1-4(16)6-8-10(15(20)21)9(14(3)12(19)13-8)7(5(2)17)11(6)18/h7-10,18H,1-3H3,(H,13,19). The molecule has 0 aromatic heterocycles. The zero-order chi connectivity index (χ0) is 16.1. The second kappa shape index (κ2) is 4.83. The smallest absolute Gasteiger partial charge is 0.318 e. The summed E-state index contributed by atoms with van der Waals surface area (Å²) in [7, 11) is 1.31. The van der Waals surface area contributed by atoms with E-state index >= 15 is 0 Å². The summed E-state index contributed by atoms with van der Waals surface area (Å²) in [6.45, 7) is 2.29. The molecule has 0 aromatic carbocycles. The molecular weight excluding hydrogens is 282 g/mol. The molecule has 1 fully saturated rings. The number of hydrogen-bond acceptors (Lipinski definition) is 6. The molecule has 2 rings (SSSR count). The first-order valence-corrected chi connectivity index (χ1v) is 6.29. The number of rotatable bonds is 3. The molecule has 114 valence electrons. The van der Waals surface area contributed by atoms with Gasteiger partial charge in [-0.3, -0.25) is 19.7 Å². The zero-order valence-electron chi connectivity index (χ0n) is 11.7. The first kappa shape index (κ1) is 14.9. The number of nitrogens with one attached hydrogen (secondary N) is 1. The Hall–Kier alpha value is -2.45. The maximum atomic E-state index is 11.9. The van der Waals surface area contributed by atoms with Gasteiger partial charge in [-0.05, 0) is 13.8 Å². The van der Waals surface area contributed by atoms with Gasteiger partial charge in [0, 0.05) is 12.0 Å². The molecule has 2 bridgehead atoms. The zero-order valence-corrected chi connectivity index (χ0v) is 11.7. The van der Waals surface area contributed by atoms with Gasteiger partial charge in [-0.1, -0.05) is 0 Å². The number of nitro groups is 1. The number of nitrogens with zero attached hydrogens (tertiary/aromatic N) is 2. The number of ketones is 2. The molecule has 21 heavy (non-hydrogen) atoms. The maximum absolute atomic E-state index is 11.9. The summed E-state index contributed by atoms with van der Waals surface area (Å²) in [5.41, 5.74) is -0.269. The quantitative estimate of drug-likeness (QED) is 0.540. The molecule has 0 radical (unpaired) electrons. The van der Waals surface area contributed by atoms with Crippen molar-refractivity contribution in [3.63, 3.8) is 0 Å². The Morgan fingerprint density at radius 2 is 1.95 bits per heavy atom. The summed E-state index contributed by atoms with van der Waals surface area (Å²) in [5, 5.41) is 23.9. The van der Waals surface area contributed by atoms with Gasteiger partial charge in [0.2, 0.25) is 0 Å². The van der Waals surface area contributed by atoms with Crippen LogP contribution in [-0.4, -0.2) is 57.7 Å². The van der Waals surface area contributed by atoms with Crippen LogP contribution in [0.3, 0.4) is 0 Å². The van der Waals surface area contributed by atoms with Crippen molar-refractivity contribution in [1.29, 1.82) is 0 Å². The summed E-state index contributed by atoms with van der Waals surface area (Å²) >= 11 is 0. The molecule has 0 spiro atoms. The van der Waals surface area contributed by atoms with E-state index in [1.807, 2.05) is 0 Å². The monoisotopic (exact) mass is 297 g/mol. The van der Waals surface area contributed by atoms with Gasteiger partial charge < -0.3 is 15.3 Å². The molecule has 0 saturated carbocycles. The number of carbonyl (C=O) groups excluding carboxylic acids is 3. The number of fused-ring (bicyclic) bond motifs is 2. The Bertz CT molecular complexity index is 584. The molecule has 1 aliphatic carbocycles. The van der Waals surface area contributed by atoms with Crippen molar-refractivity contribution in [1.82, 2.24) is 10.2 Å². The van der Waals surface area contributed by atoms with Crippen LogP contribution in [0.5, 0.6) is 0 Å². The molecule has 9 nitrogen and oxygen atoms in total. The van der Waals surface area contributed by atoms with E-state index in [0.29, 0.717) is 0 Å². The number of aliphatic hydroxyl groups is 1. The van der Waals surface area contributed by atoms with E-state index in [4.69, 9.17) is 0 Å². The van der Waals surface area contributed by atoms with Gasteiger partial charge in [0.15, 0.2) is 5.78 Å². The van der Waals surface area contributed by atoms with Crippen molar-refractivity contribution in [2.45, 2.75) is 32.0 Å². The summed E-state index contributed by atoms with van der Waals surface area (Å²) < 4.78 is 0. The fraction of sp³-hybridized carbons (Fsp3) is 0.583. The third-order valence-electron chi connectivity index (χ3n) is 4.02. The average molecular weight is 297 g/mol.